The standard InChI is InChI=1S/C20H19N3O5/c21-18(24)11-23-20(26)15-5-1-14(2-6-15)10-22-19(25)8-4-13-3-7-16-17(9-13)28-12-27-16/h1-9H,10-12H2,(H2,21,24)(H,22,25)(H,23,26)/b8-4+. The lowest BCUT2D eigenvalue weighted by atomic mass is 10.1. The van der Waals surface area contributed by atoms with Gasteiger partial charge < -0.3 is 25.8 Å². The van der Waals surface area contributed by atoms with E-state index in [-0.39, 0.29) is 25.2 Å². The third-order valence-corrected chi connectivity index (χ3v) is 3.93. The SMILES string of the molecule is NC(=O)CNC(=O)c1ccc(CNC(=O)/C=C/c2ccc3c(c2)OCO3)cc1. The zero-order valence-corrected chi connectivity index (χ0v) is 14.9. The highest BCUT2D eigenvalue weighted by Crippen LogP contribution is 2.32. The third-order valence-electron chi connectivity index (χ3n) is 3.93. The van der Waals surface area contributed by atoms with Crippen LogP contribution in [-0.2, 0) is 16.1 Å². The number of fused-ring (bicyclic) bond motifs is 1. The predicted molar refractivity (Wildman–Crippen MR) is 101 cm³/mol. The van der Waals surface area contributed by atoms with Gasteiger partial charge in [-0.2, -0.15) is 0 Å². The summed E-state index contributed by atoms with van der Waals surface area (Å²) in [5.41, 5.74) is 7.04. The molecule has 8 heteroatoms. The average molecular weight is 381 g/mol. The van der Waals surface area contributed by atoms with Crippen LogP contribution < -0.4 is 25.8 Å². The van der Waals surface area contributed by atoms with Gasteiger partial charge in [-0.1, -0.05) is 18.2 Å². The molecule has 3 rings (SSSR count). The van der Waals surface area contributed by atoms with Crippen molar-refractivity contribution in [3.8, 4) is 11.5 Å². The van der Waals surface area contributed by atoms with E-state index in [9.17, 15) is 14.4 Å². The zero-order valence-electron chi connectivity index (χ0n) is 14.9. The molecule has 1 heterocycles. The van der Waals surface area contributed by atoms with Crippen molar-refractivity contribution in [2.24, 2.45) is 5.73 Å². The molecule has 28 heavy (non-hydrogen) atoms. The highest BCUT2D eigenvalue weighted by molar-refractivity contribution is 5.96. The lowest BCUT2D eigenvalue weighted by Crippen LogP contribution is -2.33. The van der Waals surface area contributed by atoms with E-state index in [0.29, 0.717) is 23.6 Å². The molecule has 0 saturated heterocycles. The van der Waals surface area contributed by atoms with Gasteiger partial charge in [0.2, 0.25) is 18.6 Å². The molecule has 0 saturated carbocycles. The summed E-state index contributed by atoms with van der Waals surface area (Å²) >= 11 is 0. The molecule has 1 aliphatic rings. The average Bonchev–Trinajstić information content (AvgIpc) is 3.17. The molecule has 1 aliphatic heterocycles. The fourth-order valence-electron chi connectivity index (χ4n) is 2.48. The smallest absolute Gasteiger partial charge is 0.251 e. The van der Waals surface area contributed by atoms with E-state index < -0.39 is 5.91 Å². The van der Waals surface area contributed by atoms with Crippen molar-refractivity contribution in [3.63, 3.8) is 0 Å². The first-order valence-electron chi connectivity index (χ1n) is 8.52. The Labute approximate surface area is 161 Å². The van der Waals surface area contributed by atoms with Crippen LogP contribution in [0.1, 0.15) is 21.5 Å². The Kier molecular flexibility index (Phi) is 5.91. The molecular weight excluding hydrogens is 362 g/mol. The Hall–Kier alpha value is -3.81. The second-order valence-corrected chi connectivity index (χ2v) is 6.01. The normalized spacial score (nSPS) is 12.0. The van der Waals surface area contributed by atoms with E-state index in [1.54, 1.807) is 42.5 Å². The summed E-state index contributed by atoms with van der Waals surface area (Å²) < 4.78 is 10.5. The molecule has 2 aromatic rings. The number of ether oxygens (including phenoxy) is 2. The maximum Gasteiger partial charge on any atom is 0.251 e. The molecule has 4 N–H and O–H groups in total. The van der Waals surface area contributed by atoms with Crippen molar-refractivity contribution in [1.82, 2.24) is 10.6 Å². The Morgan fingerprint density at radius 3 is 2.50 bits per heavy atom. The monoisotopic (exact) mass is 381 g/mol. The maximum atomic E-state index is 12.0. The molecule has 144 valence electrons. The van der Waals surface area contributed by atoms with Gasteiger partial charge in [-0.15, -0.1) is 0 Å². The van der Waals surface area contributed by atoms with Gasteiger partial charge in [-0.05, 0) is 41.5 Å². The van der Waals surface area contributed by atoms with Crippen molar-refractivity contribution in [2.45, 2.75) is 6.54 Å². The first kappa shape index (κ1) is 19.0. The third kappa shape index (κ3) is 5.10. The van der Waals surface area contributed by atoms with Gasteiger partial charge in [-0.25, -0.2) is 0 Å². The van der Waals surface area contributed by atoms with E-state index in [1.165, 1.54) is 6.08 Å². The number of benzene rings is 2. The molecule has 2 aromatic carbocycles. The molecule has 0 unspecified atom stereocenters. The summed E-state index contributed by atoms with van der Waals surface area (Å²) in [5, 5.41) is 5.17. The molecule has 0 radical (unpaired) electrons. The fourth-order valence-corrected chi connectivity index (χ4v) is 2.48. The predicted octanol–water partition coefficient (Wildman–Crippen LogP) is 0.960. The van der Waals surface area contributed by atoms with Gasteiger partial charge >= 0.3 is 0 Å². The van der Waals surface area contributed by atoms with Crippen molar-refractivity contribution < 1.29 is 23.9 Å². The Bertz CT molecular complexity index is 922. The summed E-state index contributed by atoms with van der Waals surface area (Å²) in [6.07, 6.45) is 3.12. The largest absolute Gasteiger partial charge is 0.454 e. The second-order valence-electron chi connectivity index (χ2n) is 6.01. The van der Waals surface area contributed by atoms with Crippen LogP contribution in [0.15, 0.2) is 48.5 Å². The molecule has 0 bridgehead atoms. The van der Waals surface area contributed by atoms with Crippen LogP contribution in [-0.4, -0.2) is 31.1 Å². The lowest BCUT2D eigenvalue weighted by molar-refractivity contribution is -0.117. The number of carbonyl (C=O) groups excluding carboxylic acids is 3. The number of rotatable bonds is 7. The van der Waals surface area contributed by atoms with Crippen LogP contribution >= 0.6 is 0 Å². The highest BCUT2D eigenvalue weighted by atomic mass is 16.7. The van der Waals surface area contributed by atoms with Crippen LogP contribution in [0.3, 0.4) is 0 Å². The fraction of sp³-hybridized carbons (Fsp3) is 0.150. The zero-order chi connectivity index (χ0) is 19.9. The van der Waals surface area contributed by atoms with Crippen LogP contribution in [0.2, 0.25) is 0 Å². The summed E-state index contributed by atoms with van der Waals surface area (Å²) in [5.74, 6) is 0.0966. The summed E-state index contributed by atoms with van der Waals surface area (Å²) in [6, 6.07) is 12.1. The summed E-state index contributed by atoms with van der Waals surface area (Å²) in [7, 11) is 0. The second kappa shape index (κ2) is 8.72. The summed E-state index contributed by atoms with van der Waals surface area (Å²) in [4.78, 5) is 34.5. The highest BCUT2D eigenvalue weighted by Gasteiger charge is 2.12. The van der Waals surface area contributed by atoms with E-state index in [1.807, 2.05) is 6.07 Å². The van der Waals surface area contributed by atoms with Gasteiger partial charge in [0.25, 0.3) is 5.91 Å². The van der Waals surface area contributed by atoms with Crippen LogP contribution in [0, 0.1) is 0 Å². The maximum absolute atomic E-state index is 12.0. The number of nitrogens with two attached hydrogens (primary N) is 1. The molecule has 0 fully saturated rings. The van der Waals surface area contributed by atoms with Gasteiger partial charge in [0, 0.05) is 18.2 Å². The quantitative estimate of drug-likeness (QED) is 0.617. The number of hydrogen-bond acceptors (Lipinski definition) is 5. The molecule has 0 aliphatic carbocycles. The van der Waals surface area contributed by atoms with Crippen molar-refractivity contribution >= 4 is 23.8 Å². The van der Waals surface area contributed by atoms with Crippen molar-refractivity contribution in [3.05, 3.63) is 65.2 Å². The number of amides is 3. The molecule has 8 nitrogen and oxygen atoms in total. The first-order valence-corrected chi connectivity index (χ1v) is 8.52. The molecule has 0 aromatic heterocycles. The number of nitrogens with one attached hydrogen (secondary N) is 2. The van der Waals surface area contributed by atoms with Crippen molar-refractivity contribution in [1.29, 1.82) is 0 Å². The number of hydrogen-bond donors (Lipinski definition) is 3. The Morgan fingerprint density at radius 2 is 1.75 bits per heavy atom. The Morgan fingerprint density at radius 1 is 1.00 bits per heavy atom. The number of primary amides is 1. The minimum absolute atomic E-state index is 0.203. The molecular formula is C20H19N3O5. The van der Waals surface area contributed by atoms with Crippen LogP contribution in [0.4, 0.5) is 0 Å². The van der Waals surface area contributed by atoms with E-state index >= 15 is 0 Å². The molecule has 0 spiro atoms. The summed E-state index contributed by atoms with van der Waals surface area (Å²) in [6.45, 7) is 0.300. The van der Waals surface area contributed by atoms with E-state index in [4.69, 9.17) is 15.2 Å². The number of carbonyl (C=O) groups is 3. The lowest BCUT2D eigenvalue weighted by Gasteiger charge is -2.05. The first-order chi connectivity index (χ1) is 13.5. The van der Waals surface area contributed by atoms with Crippen LogP contribution in [0.5, 0.6) is 11.5 Å². The van der Waals surface area contributed by atoms with Gasteiger partial charge in [0.15, 0.2) is 11.5 Å². The van der Waals surface area contributed by atoms with Gasteiger partial charge in [0.05, 0.1) is 6.54 Å². The van der Waals surface area contributed by atoms with Gasteiger partial charge in [-0.3, -0.25) is 14.4 Å². The Balaban J connectivity index is 1.49. The van der Waals surface area contributed by atoms with Crippen LogP contribution in [0.25, 0.3) is 6.08 Å². The van der Waals surface area contributed by atoms with Crippen molar-refractivity contribution in [2.75, 3.05) is 13.3 Å². The minimum atomic E-state index is -0.610. The van der Waals surface area contributed by atoms with E-state index in [0.717, 1.165) is 11.1 Å². The molecule has 0 atom stereocenters. The van der Waals surface area contributed by atoms with E-state index in [2.05, 4.69) is 10.6 Å². The minimum Gasteiger partial charge on any atom is -0.454 e. The molecule has 3 amide bonds. The van der Waals surface area contributed by atoms with Gasteiger partial charge in [0.1, 0.15) is 0 Å². The topological polar surface area (TPSA) is 120 Å².